The van der Waals surface area contributed by atoms with Gasteiger partial charge in [-0.25, -0.2) is 4.98 Å². The second-order valence-electron chi connectivity index (χ2n) is 4.44. The van der Waals surface area contributed by atoms with Crippen LogP contribution >= 0.6 is 0 Å². The Morgan fingerprint density at radius 2 is 1.75 bits per heavy atom. The third kappa shape index (κ3) is 3.40. The van der Waals surface area contributed by atoms with Crippen LogP contribution in [0.3, 0.4) is 0 Å². The molecule has 0 amide bonds. The summed E-state index contributed by atoms with van der Waals surface area (Å²) in [4.78, 5) is 4.23. The number of rotatable bonds is 3. The lowest BCUT2D eigenvalue weighted by molar-refractivity contribution is -0.137. The Morgan fingerprint density at radius 1 is 1.10 bits per heavy atom. The number of hydrogen-bond donors (Lipinski definition) is 2. The number of alkyl halides is 3. The average molecular weight is 281 g/mol. The van der Waals surface area contributed by atoms with Crippen molar-refractivity contribution in [1.29, 1.82) is 0 Å². The van der Waals surface area contributed by atoms with Crippen molar-refractivity contribution in [1.82, 2.24) is 4.98 Å². The molecule has 0 radical (unpaired) electrons. The minimum absolute atomic E-state index is 0.360. The maximum atomic E-state index is 12.4. The molecule has 1 heterocycles. The fourth-order valence-corrected chi connectivity index (χ4v) is 1.71. The molecule has 0 fully saturated rings. The van der Waals surface area contributed by atoms with Crippen molar-refractivity contribution < 1.29 is 13.2 Å². The van der Waals surface area contributed by atoms with E-state index in [4.69, 9.17) is 5.73 Å². The fraction of sp³-hybridized carbons (Fsp3) is 0.214. The number of nitrogens with two attached hydrogens (primary N) is 1. The lowest BCUT2D eigenvalue weighted by atomic mass is 10.1. The predicted molar refractivity (Wildman–Crippen MR) is 72.2 cm³/mol. The number of nitrogen functional groups attached to an aromatic ring is 1. The van der Waals surface area contributed by atoms with Gasteiger partial charge < -0.3 is 11.1 Å². The Hall–Kier alpha value is -2.24. The third-order valence-corrected chi connectivity index (χ3v) is 2.81. The SMILES string of the molecule is Cc1ccc(N)c(NCc2ccc(C(F)(F)F)cc2)n1. The van der Waals surface area contributed by atoms with Gasteiger partial charge in [-0.2, -0.15) is 13.2 Å². The van der Waals surface area contributed by atoms with E-state index in [9.17, 15) is 13.2 Å². The van der Waals surface area contributed by atoms with Crippen molar-refractivity contribution in [3.05, 3.63) is 53.2 Å². The highest BCUT2D eigenvalue weighted by Crippen LogP contribution is 2.29. The maximum Gasteiger partial charge on any atom is 0.416 e. The second-order valence-corrected chi connectivity index (χ2v) is 4.44. The molecular formula is C14H14F3N3. The molecule has 1 aromatic carbocycles. The van der Waals surface area contributed by atoms with E-state index in [0.717, 1.165) is 23.4 Å². The maximum absolute atomic E-state index is 12.4. The number of anilines is 2. The van der Waals surface area contributed by atoms with Crippen molar-refractivity contribution >= 4 is 11.5 Å². The summed E-state index contributed by atoms with van der Waals surface area (Å²) < 4.78 is 37.3. The van der Waals surface area contributed by atoms with E-state index in [-0.39, 0.29) is 0 Å². The van der Waals surface area contributed by atoms with E-state index < -0.39 is 11.7 Å². The number of benzene rings is 1. The zero-order chi connectivity index (χ0) is 14.8. The molecule has 3 nitrogen and oxygen atoms in total. The lowest BCUT2D eigenvalue weighted by Gasteiger charge is -2.10. The van der Waals surface area contributed by atoms with E-state index in [1.807, 2.05) is 6.92 Å². The van der Waals surface area contributed by atoms with Crippen LogP contribution < -0.4 is 11.1 Å². The Kier molecular flexibility index (Phi) is 3.83. The molecule has 0 aliphatic rings. The van der Waals surface area contributed by atoms with Crippen molar-refractivity contribution in [2.45, 2.75) is 19.6 Å². The van der Waals surface area contributed by atoms with Crippen LogP contribution in [0.4, 0.5) is 24.7 Å². The molecule has 106 valence electrons. The van der Waals surface area contributed by atoms with E-state index >= 15 is 0 Å². The van der Waals surface area contributed by atoms with Gasteiger partial charge in [0, 0.05) is 12.2 Å². The largest absolute Gasteiger partial charge is 0.416 e. The monoisotopic (exact) mass is 281 g/mol. The van der Waals surface area contributed by atoms with E-state index in [1.165, 1.54) is 12.1 Å². The first-order valence-electron chi connectivity index (χ1n) is 5.99. The molecule has 0 aliphatic carbocycles. The minimum atomic E-state index is -4.31. The van der Waals surface area contributed by atoms with Gasteiger partial charge in [0.25, 0.3) is 0 Å². The zero-order valence-electron chi connectivity index (χ0n) is 10.8. The smallest absolute Gasteiger partial charge is 0.396 e. The molecule has 0 spiro atoms. The Balaban J connectivity index is 2.06. The summed E-state index contributed by atoms with van der Waals surface area (Å²) in [5.41, 5.74) is 7.14. The number of halogens is 3. The summed E-state index contributed by atoms with van der Waals surface area (Å²) in [5, 5.41) is 3.01. The summed E-state index contributed by atoms with van der Waals surface area (Å²) in [6.07, 6.45) is -4.31. The zero-order valence-corrected chi connectivity index (χ0v) is 10.8. The van der Waals surface area contributed by atoms with Gasteiger partial charge in [0.15, 0.2) is 0 Å². The normalized spacial score (nSPS) is 11.4. The van der Waals surface area contributed by atoms with Crippen LogP contribution in [0.2, 0.25) is 0 Å². The van der Waals surface area contributed by atoms with Gasteiger partial charge in [-0.05, 0) is 36.8 Å². The number of aryl methyl sites for hydroxylation is 1. The molecule has 0 bridgehead atoms. The first-order chi connectivity index (χ1) is 9.36. The molecule has 0 saturated carbocycles. The summed E-state index contributed by atoms with van der Waals surface area (Å²) in [7, 11) is 0. The van der Waals surface area contributed by atoms with Crippen LogP contribution in [0.25, 0.3) is 0 Å². The van der Waals surface area contributed by atoms with Crippen molar-refractivity contribution in [3.8, 4) is 0 Å². The number of pyridine rings is 1. The molecule has 6 heteroatoms. The van der Waals surface area contributed by atoms with Gasteiger partial charge in [-0.3, -0.25) is 0 Å². The Bertz CT molecular complexity index is 592. The van der Waals surface area contributed by atoms with Gasteiger partial charge >= 0.3 is 6.18 Å². The van der Waals surface area contributed by atoms with E-state index in [0.29, 0.717) is 18.1 Å². The highest BCUT2D eigenvalue weighted by Gasteiger charge is 2.29. The lowest BCUT2D eigenvalue weighted by Crippen LogP contribution is -2.07. The van der Waals surface area contributed by atoms with Gasteiger partial charge in [-0.15, -0.1) is 0 Å². The van der Waals surface area contributed by atoms with Gasteiger partial charge in [0.05, 0.1) is 11.3 Å². The van der Waals surface area contributed by atoms with E-state index in [2.05, 4.69) is 10.3 Å². The molecule has 0 atom stereocenters. The first kappa shape index (κ1) is 14.2. The highest BCUT2D eigenvalue weighted by atomic mass is 19.4. The standard InChI is InChI=1S/C14H14F3N3/c1-9-2-7-12(18)13(20-9)19-8-10-3-5-11(6-4-10)14(15,16)17/h2-7H,8,18H2,1H3,(H,19,20). The molecule has 0 unspecified atom stereocenters. The van der Waals surface area contributed by atoms with Crippen molar-refractivity contribution in [3.63, 3.8) is 0 Å². The Labute approximate surface area is 114 Å². The van der Waals surface area contributed by atoms with Crippen LogP contribution in [0.15, 0.2) is 36.4 Å². The molecule has 1 aromatic heterocycles. The first-order valence-corrected chi connectivity index (χ1v) is 5.99. The summed E-state index contributed by atoms with van der Waals surface area (Å²) in [6, 6.07) is 8.51. The van der Waals surface area contributed by atoms with Gasteiger partial charge in [-0.1, -0.05) is 12.1 Å². The minimum Gasteiger partial charge on any atom is -0.396 e. The van der Waals surface area contributed by atoms with Crippen LogP contribution in [0, 0.1) is 6.92 Å². The number of aromatic nitrogens is 1. The van der Waals surface area contributed by atoms with Crippen molar-refractivity contribution in [2.24, 2.45) is 0 Å². The van der Waals surface area contributed by atoms with Crippen LogP contribution in [0.1, 0.15) is 16.8 Å². The molecule has 20 heavy (non-hydrogen) atoms. The van der Waals surface area contributed by atoms with Crippen molar-refractivity contribution in [2.75, 3.05) is 11.1 Å². The average Bonchev–Trinajstić information content (AvgIpc) is 2.39. The summed E-state index contributed by atoms with van der Waals surface area (Å²) >= 11 is 0. The molecule has 2 aromatic rings. The summed E-state index contributed by atoms with van der Waals surface area (Å²) in [6.45, 7) is 2.20. The highest BCUT2D eigenvalue weighted by molar-refractivity contribution is 5.61. The molecule has 0 aliphatic heterocycles. The van der Waals surface area contributed by atoms with Crippen LogP contribution in [-0.2, 0) is 12.7 Å². The molecule has 3 N–H and O–H groups in total. The van der Waals surface area contributed by atoms with Gasteiger partial charge in [0.2, 0.25) is 0 Å². The molecule has 0 saturated heterocycles. The van der Waals surface area contributed by atoms with Crippen LogP contribution in [0.5, 0.6) is 0 Å². The summed E-state index contributed by atoms with van der Waals surface area (Å²) in [5.74, 6) is 0.532. The van der Waals surface area contributed by atoms with E-state index in [1.54, 1.807) is 12.1 Å². The quantitative estimate of drug-likeness (QED) is 0.903. The third-order valence-electron chi connectivity index (χ3n) is 2.81. The topological polar surface area (TPSA) is 50.9 Å². The fourth-order valence-electron chi connectivity index (χ4n) is 1.71. The number of nitrogens with one attached hydrogen (secondary N) is 1. The molecule has 2 rings (SSSR count). The second kappa shape index (κ2) is 5.40. The molecular weight excluding hydrogens is 267 g/mol. The van der Waals surface area contributed by atoms with Gasteiger partial charge in [0.1, 0.15) is 5.82 Å². The van der Waals surface area contributed by atoms with Crippen LogP contribution in [-0.4, -0.2) is 4.98 Å². The number of hydrogen-bond acceptors (Lipinski definition) is 3. The predicted octanol–water partition coefficient (Wildman–Crippen LogP) is 3.60. The Morgan fingerprint density at radius 3 is 2.35 bits per heavy atom. The number of nitrogens with zero attached hydrogens (tertiary/aromatic N) is 1.